The Bertz CT molecular complexity index is 2310. The lowest BCUT2D eigenvalue weighted by Gasteiger charge is -2.42. The lowest BCUT2D eigenvalue weighted by atomic mass is 9.93. The fourth-order valence-corrected chi connectivity index (χ4v) is 9.87. The fourth-order valence-electron chi connectivity index (χ4n) is 9.35. The zero-order valence-electron chi connectivity index (χ0n) is 32.8. The monoisotopic (exact) mass is 824 g/mol. The van der Waals surface area contributed by atoms with Crippen LogP contribution in [0, 0.1) is 0 Å². The molecule has 294 valence electrons. The molecule has 1 fully saturated rings. The summed E-state index contributed by atoms with van der Waals surface area (Å²) in [5, 5.41) is 5.73. The summed E-state index contributed by atoms with van der Waals surface area (Å²) in [7, 11) is 0. The van der Waals surface area contributed by atoms with E-state index in [0.717, 1.165) is 53.3 Å². The van der Waals surface area contributed by atoms with Crippen molar-refractivity contribution in [2.75, 3.05) is 19.6 Å². The van der Waals surface area contributed by atoms with Crippen LogP contribution in [0.5, 0.6) is 0 Å². The molecule has 1 aliphatic heterocycles. The van der Waals surface area contributed by atoms with Crippen LogP contribution in [0.4, 0.5) is 0 Å². The lowest BCUT2D eigenvalue weighted by Crippen LogP contribution is -2.57. The van der Waals surface area contributed by atoms with Crippen molar-refractivity contribution in [1.82, 2.24) is 10.2 Å². The molecule has 0 spiro atoms. The van der Waals surface area contributed by atoms with Gasteiger partial charge in [0.1, 0.15) is 0 Å². The molecular weight excluding hydrogens is 779 g/mol. The van der Waals surface area contributed by atoms with Crippen molar-refractivity contribution in [3.63, 3.8) is 0 Å². The summed E-state index contributed by atoms with van der Waals surface area (Å²) in [5.41, 5.74) is 10.6. The molecule has 7 heteroatoms. The first kappa shape index (κ1) is 40.2. The quantitative estimate of drug-likeness (QED) is 0.192. The van der Waals surface area contributed by atoms with Crippen molar-refractivity contribution in [2.45, 2.75) is 62.4 Å². The molecule has 1 unspecified atom stereocenters. The number of hydrogen-bond acceptors (Lipinski definition) is 4. The third kappa shape index (κ3) is 8.73. The standard InChI is InChI=1S/C21H25ClN2.2C15H11ClO/c1-21(2)14-24(11-10-23-21)20-13-18(15-6-4-3-5-7-15)17-9-8-16(22)12-19(17)20;2*16-11-6-7-12-13(9-15(17)14(12)8-11)10-4-2-1-3-5-10/h3-9,12,18,20,23H,10-11,13-14H2,1-2H3;2*1-8,13H,9H2/t18-,20+;13-;/m00./s1. The molecule has 10 rings (SSSR count). The van der Waals surface area contributed by atoms with Gasteiger partial charge < -0.3 is 5.32 Å². The second-order valence-corrected chi connectivity index (χ2v) is 17.7. The van der Waals surface area contributed by atoms with Crippen LogP contribution in [0.25, 0.3) is 0 Å². The first-order valence-corrected chi connectivity index (χ1v) is 21.3. The van der Waals surface area contributed by atoms with Gasteiger partial charge in [-0.3, -0.25) is 14.5 Å². The molecule has 4 aliphatic rings. The van der Waals surface area contributed by atoms with E-state index in [1.54, 1.807) is 12.1 Å². The van der Waals surface area contributed by atoms with Gasteiger partial charge in [-0.25, -0.2) is 0 Å². The minimum atomic E-state index is 0.168. The molecule has 1 saturated heterocycles. The molecule has 0 radical (unpaired) electrons. The van der Waals surface area contributed by atoms with Gasteiger partial charge in [0.25, 0.3) is 0 Å². The number of hydrogen-bond donors (Lipinski definition) is 1. The van der Waals surface area contributed by atoms with Crippen LogP contribution >= 0.6 is 34.8 Å². The van der Waals surface area contributed by atoms with E-state index in [-0.39, 0.29) is 28.9 Å². The first-order chi connectivity index (χ1) is 28.0. The summed E-state index contributed by atoms with van der Waals surface area (Å²) < 4.78 is 0. The number of ketones is 2. The highest BCUT2D eigenvalue weighted by Crippen LogP contribution is 2.48. The SMILES string of the molecule is CC1(C)CN([C@@H]2C[C@@H](c3ccccc3)c3ccc(Cl)cc32)CCN1.O=C1CC(c2ccccc2)c2ccc(Cl)cc21.O=C1C[C@@H](c2ccccc2)c2ccc(Cl)cc21. The lowest BCUT2D eigenvalue weighted by molar-refractivity contribution is 0.0983. The number of Topliss-reactive ketones (excluding diaryl/α,β-unsaturated/α-hetero) is 2. The zero-order chi connectivity index (χ0) is 40.4. The zero-order valence-corrected chi connectivity index (χ0v) is 35.1. The van der Waals surface area contributed by atoms with Crippen molar-refractivity contribution in [3.8, 4) is 0 Å². The molecule has 1 N–H and O–H groups in total. The topological polar surface area (TPSA) is 49.4 Å². The van der Waals surface area contributed by atoms with Gasteiger partial charge in [-0.05, 0) is 95.6 Å². The van der Waals surface area contributed by atoms with E-state index in [1.165, 1.54) is 27.8 Å². The number of halogens is 3. The minimum absolute atomic E-state index is 0.168. The molecule has 6 aromatic carbocycles. The average Bonchev–Trinajstić information content (AvgIpc) is 3.89. The van der Waals surface area contributed by atoms with Crippen molar-refractivity contribution < 1.29 is 9.59 Å². The first-order valence-electron chi connectivity index (χ1n) is 20.1. The van der Waals surface area contributed by atoms with Crippen molar-refractivity contribution in [2.24, 2.45) is 0 Å². The largest absolute Gasteiger partial charge is 0.309 e. The van der Waals surface area contributed by atoms with Crippen LogP contribution in [0.15, 0.2) is 146 Å². The van der Waals surface area contributed by atoms with Crippen LogP contribution in [-0.4, -0.2) is 41.6 Å². The van der Waals surface area contributed by atoms with Crippen LogP contribution in [-0.2, 0) is 0 Å². The summed E-state index contributed by atoms with van der Waals surface area (Å²) in [6, 6.07) is 49.3. The number of carbonyl (C=O) groups is 2. The molecule has 0 amide bonds. The molecule has 3 aliphatic carbocycles. The number of fused-ring (bicyclic) bond motifs is 3. The third-order valence-corrected chi connectivity index (χ3v) is 12.8. The number of piperazine rings is 1. The van der Waals surface area contributed by atoms with Gasteiger partial charge >= 0.3 is 0 Å². The van der Waals surface area contributed by atoms with Gasteiger partial charge in [-0.1, -0.05) is 144 Å². The Kier molecular flexibility index (Phi) is 12.0. The van der Waals surface area contributed by atoms with E-state index in [9.17, 15) is 9.59 Å². The van der Waals surface area contributed by atoms with Gasteiger partial charge in [0.2, 0.25) is 0 Å². The van der Waals surface area contributed by atoms with Crippen LogP contribution in [0.3, 0.4) is 0 Å². The van der Waals surface area contributed by atoms with E-state index in [4.69, 9.17) is 34.8 Å². The van der Waals surface area contributed by atoms with Crippen LogP contribution in [0.1, 0.15) is 117 Å². The second-order valence-electron chi connectivity index (χ2n) is 16.4. The smallest absolute Gasteiger partial charge is 0.164 e. The average molecular weight is 826 g/mol. The highest BCUT2D eigenvalue weighted by Gasteiger charge is 2.39. The van der Waals surface area contributed by atoms with Crippen LogP contribution in [0.2, 0.25) is 15.1 Å². The summed E-state index contributed by atoms with van der Waals surface area (Å²) >= 11 is 18.2. The van der Waals surface area contributed by atoms with Gasteiger partial charge in [0.05, 0.1) is 0 Å². The van der Waals surface area contributed by atoms with Gasteiger partial charge in [0, 0.05) is 88.0 Å². The molecule has 1 heterocycles. The molecule has 58 heavy (non-hydrogen) atoms. The summed E-state index contributed by atoms with van der Waals surface area (Å²) in [6.45, 7) is 7.81. The van der Waals surface area contributed by atoms with E-state index < -0.39 is 0 Å². The molecule has 4 atom stereocenters. The van der Waals surface area contributed by atoms with Gasteiger partial charge in [0.15, 0.2) is 11.6 Å². The highest BCUT2D eigenvalue weighted by atomic mass is 35.5. The molecule has 0 bridgehead atoms. The van der Waals surface area contributed by atoms with Gasteiger partial charge in [-0.15, -0.1) is 0 Å². The maximum Gasteiger partial charge on any atom is 0.164 e. The van der Waals surface area contributed by atoms with Crippen molar-refractivity contribution >= 4 is 46.4 Å². The summed E-state index contributed by atoms with van der Waals surface area (Å²) in [5.74, 6) is 1.24. The number of nitrogens with zero attached hydrogens (tertiary/aromatic N) is 1. The normalized spacial score (nSPS) is 21.5. The van der Waals surface area contributed by atoms with Crippen LogP contribution < -0.4 is 5.32 Å². The van der Waals surface area contributed by atoms with E-state index >= 15 is 0 Å². The molecular formula is C51H47Cl3N2O2. The Labute approximate surface area is 357 Å². The predicted octanol–water partition coefficient (Wildman–Crippen LogP) is 12.7. The number of carbonyl (C=O) groups excluding carboxylic acids is 2. The Hall–Kier alpha value is -4.55. The summed E-state index contributed by atoms with van der Waals surface area (Å²) in [6.07, 6.45) is 2.26. The maximum absolute atomic E-state index is 11.9. The molecule has 6 aromatic rings. The second kappa shape index (κ2) is 17.4. The maximum atomic E-state index is 11.9. The van der Waals surface area contributed by atoms with E-state index in [0.29, 0.717) is 34.8 Å². The Morgan fingerprint density at radius 3 is 1.43 bits per heavy atom. The van der Waals surface area contributed by atoms with Crippen molar-refractivity contribution in [3.05, 3.63) is 211 Å². The van der Waals surface area contributed by atoms with Gasteiger partial charge in [-0.2, -0.15) is 0 Å². The Morgan fingerprint density at radius 1 is 0.534 bits per heavy atom. The molecule has 4 nitrogen and oxygen atoms in total. The van der Waals surface area contributed by atoms with Crippen molar-refractivity contribution in [1.29, 1.82) is 0 Å². The number of benzene rings is 6. The third-order valence-electron chi connectivity index (χ3n) is 12.1. The fraction of sp³-hybridized carbons (Fsp3) is 0.255. The predicted molar refractivity (Wildman–Crippen MR) is 238 cm³/mol. The molecule has 0 saturated carbocycles. The summed E-state index contributed by atoms with van der Waals surface area (Å²) in [4.78, 5) is 26.5. The Balaban J connectivity index is 0.000000124. The molecule has 0 aromatic heterocycles. The minimum Gasteiger partial charge on any atom is -0.309 e. The number of rotatable bonds is 4. The number of nitrogens with one attached hydrogen (secondary N) is 1. The highest BCUT2D eigenvalue weighted by molar-refractivity contribution is 6.31. The van der Waals surface area contributed by atoms with E-state index in [1.807, 2.05) is 66.7 Å². The van der Waals surface area contributed by atoms with E-state index in [2.05, 4.69) is 90.8 Å². The Morgan fingerprint density at radius 2 is 0.966 bits per heavy atom.